The van der Waals surface area contributed by atoms with Crippen molar-refractivity contribution in [3.05, 3.63) is 0 Å². The van der Waals surface area contributed by atoms with E-state index in [1.807, 2.05) is 0 Å². The van der Waals surface area contributed by atoms with Gasteiger partial charge >= 0.3 is 34.4 Å². The van der Waals surface area contributed by atoms with Crippen LogP contribution in [0, 0.1) is 0 Å². The molecule has 0 heterocycles. The molecule has 0 aliphatic heterocycles. The van der Waals surface area contributed by atoms with Gasteiger partial charge in [0.05, 0.1) is 0 Å². The van der Waals surface area contributed by atoms with Gasteiger partial charge in [-0.15, -0.1) is 0 Å². The van der Waals surface area contributed by atoms with E-state index >= 15 is 0 Å². The van der Waals surface area contributed by atoms with Crippen LogP contribution in [0.2, 0.25) is 0 Å². The van der Waals surface area contributed by atoms with Gasteiger partial charge in [-0.05, 0) is 34.6 Å². The first-order valence-corrected chi connectivity index (χ1v) is 4.54. The number of rotatable bonds is 0. The minimum atomic E-state index is -1.08. The number of carboxylic acids is 5. The minimum absolute atomic E-state index is 0. The van der Waals surface area contributed by atoms with Gasteiger partial charge in [-0.1, -0.05) is 0 Å². The van der Waals surface area contributed by atoms with E-state index in [9.17, 15) is 0 Å². The smallest absolute Gasteiger partial charge is 0.550 e. The second-order valence-electron chi connectivity index (χ2n) is 2.46. The molecule has 10 nitrogen and oxygen atoms in total. The summed E-state index contributed by atoms with van der Waals surface area (Å²) in [5.74, 6) is -5.42. The molecule has 0 atom stereocenters. The van der Waals surface area contributed by atoms with Crippen molar-refractivity contribution in [3.63, 3.8) is 0 Å². The molecule has 12 heteroatoms. The Morgan fingerprint density at radius 2 is 0.455 bits per heavy atom. The van der Waals surface area contributed by atoms with Crippen molar-refractivity contribution in [1.82, 2.24) is 0 Å². The van der Waals surface area contributed by atoms with Gasteiger partial charge in [0.1, 0.15) is 0 Å². The Labute approximate surface area is 148 Å². The van der Waals surface area contributed by atoms with E-state index in [2.05, 4.69) is 0 Å². The molecule has 0 saturated heterocycles. The normalized spacial score (nSPS) is 5.68. The van der Waals surface area contributed by atoms with Gasteiger partial charge < -0.3 is 49.5 Å². The zero-order chi connectivity index (χ0) is 17.9. The molecule has 0 bridgehead atoms. The van der Waals surface area contributed by atoms with Crippen LogP contribution in [-0.4, -0.2) is 47.2 Å². The summed E-state index contributed by atoms with van der Waals surface area (Å²) < 4.78 is 0. The van der Waals surface area contributed by atoms with E-state index in [0.717, 1.165) is 34.6 Å². The van der Waals surface area contributed by atoms with Gasteiger partial charge in [-0.3, -0.25) is 0 Å². The molecule has 0 spiro atoms. The van der Waals surface area contributed by atoms with Crippen LogP contribution in [0.15, 0.2) is 0 Å². The van der Waals surface area contributed by atoms with Crippen LogP contribution in [0.25, 0.3) is 0 Å². The second kappa shape index (κ2) is 36.6. The molecular weight excluding hydrogens is 362 g/mol. The van der Waals surface area contributed by atoms with Gasteiger partial charge in [0.25, 0.3) is 0 Å². The van der Waals surface area contributed by atoms with Crippen LogP contribution in [-0.2, 0) is 41.0 Å². The molecule has 0 aliphatic carbocycles. The van der Waals surface area contributed by atoms with Crippen LogP contribution in [0.4, 0.5) is 0 Å². The van der Waals surface area contributed by atoms with E-state index in [1.54, 1.807) is 0 Å². The van der Waals surface area contributed by atoms with E-state index in [1.165, 1.54) is 0 Å². The molecule has 1 radical (unpaired) electrons. The Morgan fingerprint density at radius 3 is 0.455 bits per heavy atom. The Balaban J connectivity index is -0.0000000250. The van der Waals surface area contributed by atoms with Crippen LogP contribution in [0.5, 0.6) is 0 Å². The summed E-state index contributed by atoms with van der Waals surface area (Å²) in [6, 6.07) is 0. The van der Waals surface area contributed by atoms with Crippen LogP contribution < -0.4 is 25.5 Å². The summed E-state index contributed by atoms with van der Waals surface area (Å²) in [7, 11) is 0. The Hall–Kier alpha value is -1.60. The molecule has 125 valence electrons. The summed E-state index contributed by atoms with van der Waals surface area (Å²) in [5, 5.41) is 44.4. The zero-order valence-electron chi connectivity index (χ0n) is 12.5. The van der Waals surface area contributed by atoms with Crippen molar-refractivity contribution >= 4 is 47.2 Å². The van der Waals surface area contributed by atoms with Gasteiger partial charge in [0, 0.05) is 29.8 Å². The Bertz CT molecular complexity index is 216. The molecule has 0 aromatic rings. The molecule has 0 aliphatic rings. The maximum Gasteiger partial charge on any atom is 3.00 e. The number of carboxylic acid groups (broad SMARTS) is 5. The molecule has 22 heavy (non-hydrogen) atoms. The third-order valence-electron chi connectivity index (χ3n) is 0. The topological polar surface area (TPSA) is 201 Å². The first kappa shape index (κ1) is 42.8. The van der Waals surface area contributed by atoms with Crippen molar-refractivity contribution in [1.29, 1.82) is 0 Å². The average Bonchev–Trinajstić information content (AvgIpc) is 1.94. The molecule has 0 aromatic heterocycles. The van der Waals surface area contributed by atoms with Crippen molar-refractivity contribution in [3.8, 4) is 0 Å². The molecular formula is C10H15AlMnO10. The number of hydrogen-bond donors (Lipinski definition) is 0. The summed E-state index contributed by atoms with van der Waals surface area (Å²) >= 11 is 0. The molecule has 0 unspecified atom stereocenters. The van der Waals surface area contributed by atoms with Crippen LogP contribution >= 0.6 is 0 Å². The SMILES string of the molecule is CC(=O)[O-].CC(=O)[O-].CC(=O)[O-].CC(=O)[O-].CC(=O)[O-].[Al+3].[Mn+2]. The quantitative estimate of drug-likeness (QED) is 0.365. The summed E-state index contributed by atoms with van der Waals surface area (Å²) in [4.78, 5) is 44.4. The second-order valence-corrected chi connectivity index (χ2v) is 2.46. The van der Waals surface area contributed by atoms with Crippen LogP contribution in [0.1, 0.15) is 34.6 Å². The molecule has 0 saturated carbocycles. The van der Waals surface area contributed by atoms with E-state index in [4.69, 9.17) is 49.5 Å². The predicted octanol–water partition coefficient (Wildman–Crippen LogP) is -6.60. The average molecular weight is 377 g/mol. The predicted molar refractivity (Wildman–Crippen MR) is 59.2 cm³/mol. The molecule has 0 amide bonds. The van der Waals surface area contributed by atoms with Crippen molar-refractivity contribution in [2.24, 2.45) is 0 Å². The Kier molecular flexibility index (Phi) is 71.1. The fourth-order valence-corrected chi connectivity index (χ4v) is 0. The standard InChI is InChI=1S/5C2H4O2.Al.Mn/c5*1-2(3)4;;/h5*1H3,(H,3,4);;/q;;;;;+3;+2/p-5. The Morgan fingerprint density at radius 1 is 0.455 bits per heavy atom. The largest absolute Gasteiger partial charge is 3.00 e. The van der Waals surface area contributed by atoms with Crippen molar-refractivity contribution < 1.29 is 66.6 Å². The molecule has 0 aromatic carbocycles. The van der Waals surface area contributed by atoms with Gasteiger partial charge in [-0.2, -0.15) is 0 Å². The van der Waals surface area contributed by atoms with Gasteiger partial charge in [0.2, 0.25) is 0 Å². The monoisotopic (exact) mass is 377 g/mol. The fraction of sp³-hybridized carbons (Fsp3) is 0.500. The summed E-state index contributed by atoms with van der Waals surface area (Å²) in [6.07, 6.45) is 0. The first-order valence-electron chi connectivity index (χ1n) is 4.54. The first-order chi connectivity index (χ1) is 8.66. The number of carbonyl (C=O) groups is 5. The number of hydrogen-bond acceptors (Lipinski definition) is 10. The summed E-state index contributed by atoms with van der Waals surface area (Å²) in [6.45, 7) is 4.86. The molecule has 0 fully saturated rings. The minimum Gasteiger partial charge on any atom is -0.550 e. The van der Waals surface area contributed by atoms with E-state index in [0.29, 0.717) is 0 Å². The van der Waals surface area contributed by atoms with Gasteiger partial charge in [-0.25, -0.2) is 0 Å². The molecule has 0 N–H and O–H groups in total. The van der Waals surface area contributed by atoms with E-state index in [-0.39, 0.29) is 34.4 Å². The third kappa shape index (κ3) is 2180. The fourth-order valence-electron chi connectivity index (χ4n) is 0. The third-order valence-corrected chi connectivity index (χ3v) is 0. The summed E-state index contributed by atoms with van der Waals surface area (Å²) in [5.41, 5.74) is 0. The van der Waals surface area contributed by atoms with Gasteiger partial charge in [0.15, 0.2) is 0 Å². The zero-order valence-corrected chi connectivity index (χ0v) is 14.9. The maximum absolute atomic E-state index is 8.89. The van der Waals surface area contributed by atoms with Crippen molar-refractivity contribution in [2.75, 3.05) is 0 Å². The van der Waals surface area contributed by atoms with Crippen molar-refractivity contribution in [2.45, 2.75) is 34.6 Å². The van der Waals surface area contributed by atoms with Crippen LogP contribution in [0.3, 0.4) is 0 Å². The maximum atomic E-state index is 8.89. The molecule has 0 rings (SSSR count). The number of aliphatic carboxylic acids is 5. The number of carbonyl (C=O) groups excluding carboxylic acids is 5. The van der Waals surface area contributed by atoms with E-state index < -0.39 is 29.8 Å².